The molecule has 1 aliphatic rings. The second-order valence-electron chi connectivity index (χ2n) is 7.39. The second kappa shape index (κ2) is 7.75. The van der Waals surface area contributed by atoms with Gasteiger partial charge in [0.05, 0.1) is 0 Å². The molecule has 0 radical (unpaired) electrons. The molecule has 2 amide bonds. The minimum atomic E-state index is -0.204. The molecule has 1 atom stereocenters. The van der Waals surface area contributed by atoms with Crippen LogP contribution < -0.4 is 10.2 Å². The summed E-state index contributed by atoms with van der Waals surface area (Å²) in [5.41, 5.74) is 4.80. The van der Waals surface area contributed by atoms with Gasteiger partial charge in [-0.05, 0) is 55.7 Å². The molecule has 7 heteroatoms. The lowest BCUT2D eigenvalue weighted by Crippen LogP contribution is -2.24. The number of aromatic nitrogens is 2. The highest BCUT2D eigenvalue weighted by Crippen LogP contribution is 2.34. The van der Waals surface area contributed by atoms with Crippen molar-refractivity contribution >= 4 is 34.0 Å². The standard InChI is InChI=1S/C22H22N4O2S/c1-13-8-9-17(10-15(13)3)26-12-16(11-19(26)27)21-24-25-22(29-21)23-20(28)18-7-5-4-6-14(18)2/h4-10,16H,11-12H2,1-3H3,(H,23,25,28). The van der Waals surface area contributed by atoms with Crippen LogP contribution in [0.15, 0.2) is 42.5 Å². The second-order valence-corrected chi connectivity index (χ2v) is 8.40. The molecular formula is C22H22N4O2S. The summed E-state index contributed by atoms with van der Waals surface area (Å²) in [5, 5.41) is 12.4. The van der Waals surface area contributed by atoms with Crippen LogP contribution >= 0.6 is 11.3 Å². The third-order valence-electron chi connectivity index (χ3n) is 5.33. The lowest BCUT2D eigenvalue weighted by Gasteiger charge is -2.17. The van der Waals surface area contributed by atoms with E-state index in [0.29, 0.717) is 23.7 Å². The summed E-state index contributed by atoms with van der Waals surface area (Å²) in [6, 6.07) is 13.5. The van der Waals surface area contributed by atoms with Gasteiger partial charge in [0.2, 0.25) is 11.0 Å². The molecule has 1 fully saturated rings. The van der Waals surface area contributed by atoms with E-state index in [1.54, 1.807) is 6.07 Å². The first-order valence-corrected chi connectivity index (χ1v) is 10.3. The molecule has 0 aliphatic carbocycles. The first-order valence-electron chi connectivity index (χ1n) is 9.50. The molecule has 6 nitrogen and oxygen atoms in total. The van der Waals surface area contributed by atoms with Gasteiger partial charge in [-0.2, -0.15) is 0 Å². The summed E-state index contributed by atoms with van der Waals surface area (Å²) in [6.07, 6.45) is 0.396. The van der Waals surface area contributed by atoms with Crippen molar-refractivity contribution in [2.24, 2.45) is 0 Å². The van der Waals surface area contributed by atoms with Crippen LogP contribution in [0, 0.1) is 20.8 Å². The van der Waals surface area contributed by atoms with Crippen molar-refractivity contribution in [1.82, 2.24) is 10.2 Å². The maximum atomic E-state index is 12.6. The summed E-state index contributed by atoms with van der Waals surface area (Å²) < 4.78 is 0. The van der Waals surface area contributed by atoms with Gasteiger partial charge in [-0.1, -0.05) is 35.6 Å². The zero-order valence-corrected chi connectivity index (χ0v) is 17.4. The van der Waals surface area contributed by atoms with Crippen molar-refractivity contribution in [2.45, 2.75) is 33.1 Å². The molecule has 0 bridgehead atoms. The van der Waals surface area contributed by atoms with Gasteiger partial charge in [0.25, 0.3) is 5.91 Å². The lowest BCUT2D eigenvalue weighted by atomic mass is 10.1. The molecule has 1 unspecified atom stereocenters. The van der Waals surface area contributed by atoms with Crippen LogP contribution in [-0.4, -0.2) is 28.6 Å². The van der Waals surface area contributed by atoms with E-state index in [4.69, 9.17) is 0 Å². The largest absolute Gasteiger partial charge is 0.312 e. The Labute approximate surface area is 173 Å². The Morgan fingerprint density at radius 1 is 1.07 bits per heavy atom. The molecular weight excluding hydrogens is 384 g/mol. The molecule has 2 aromatic carbocycles. The van der Waals surface area contributed by atoms with Crippen molar-refractivity contribution in [2.75, 3.05) is 16.8 Å². The van der Waals surface area contributed by atoms with E-state index in [2.05, 4.69) is 22.4 Å². The maximum Gasteiger partial charge on any atom is 0.257 e. The van der Waals surface area contributed by atoms with Crippen molar-refractivity contribution in [3.63, 3.8) is 0 Å². The summed E-state index contributed by atoms with van der Waals surface area (Å²) >= 11 is 1.33. The molecule has 4 rings (SSSR count). The summed E-state index contributed by atoms with van der Waals surface area (Å²) in [6.45, 7) is 6.57. The molecule has 1 saturated heterocycles. The number of aryl methyl sites for hydroxylation is 3. The molecule has 0 saturated carbocycles. The molecule has 1 N–H and O–H groups in total. The van der Waals surface area contributed by atoms with Crippen LogP contribution in [0.2, 0.25) is 0 Å². The highest BCUT2D eigenvalue weighted by atomic mass is 32.1. The van der Waals surface area contributed by atoms with Gasteiger partial charge in [-0.25, -0.2) is 0 Å². The Bertz CT molecular complexity index is 1090. The number of anilines is 2. The van der Waals surface area contributed by atoms with E-state index in [0.717, 1.165) is 21.8 Å². The average Bonchev–Trinajstić information content (AvgIpc) is 3.31. The average molecular weight is 407 g/mol. The Balaban J connectivity index is 1.47. The normalized spacial score (nSPS) is 16.3. The van der Waals surface area contributed by atoms with Gasteiger partial charge < -0.3 is 4.90 Å². The summed E-state index contributed by atoms with van der Waals surface area (Å²) in [5.74, 6) is -0.144. The quantitative estimate of drug-likeness (QED) is 0.703. The third-order valence-corrected chi connectivity index (χ3v) is 6.33. The van der Waals surface area contributed by atoms with Crippen LogP contribution in [0.25, 0.3) is 0 Å². The molecule has 0 spiro atoms. The van der Waals surface area contributed by atoms with Crippen molar-refractivity contribution < 1.29 is 9.59 Å². The number of carbonyl (C=O) groups excluding carboxylic acids is 2. The zero-order valence-electron chi connectivity index (χ0n) is 16.6. The van der Waals surface area contributed by atoms with Crippen LogP contribution in [-0.2, 0) is 4.79 Å². The monoisotopic (exact) mass is 406 g/mol. The fourth-order valence-corrected chi connectivity index (χ4v) is 4.29. The van der Waals surface area contributed by atoms with Gasteiger partial charge in [0, 0.05) is 30.1 Å². The molecule has 1 aliphatic heterocycles. The summed E-state index contributed by atoms with van der Waals surface area (Å²) in [7, 11) is 0. The zero-order chi connectivity index (χ0) is 20.5. The van der Waals surface area contributed by atoms with Crippen molar-refractivity contribution in [1.29, 1.82) is 0 Å². The minimum absolute atomic E-state index is 0.0225. The fraction of sp³-hybridized carbons (Fsp3) is 0.273. The number of benzene rings is 2. The predicted octanol–water partition coefficient (Wildman–Crippen LogP) is 4.24. The Morgan fingerprint density at radius 2 is 1.86 bits per heavy atom. The van der Waals surface area contributed by atoms with Gasteiger partial charge >= 0.3 is 0 Å². The smallest absolute Gasteiger partial charge is 0.257 e. The van der Waals surface area contributed by atoms with Gasteiger partial charge in [-0.15, -0.1) is 10.2 Å². The number of rotatable bonds is 4. The fourth-order valence-electron chi connectivity index (χ4n) is 3.46. The van der Waals surface area contributed by atoms with Crippen molar-refractivity contribution in [3.05, 3.63) is 69.7 Å². The first kappa shape index (κ1) is 19.3. The number of hydrogen-bond acceptors (Lipinski definition) is 5. The molecule has 1 aromatic heterocycles. The Kier molecular flexibility index (Phi) is 5.15. The third kappa shape index (κ3) is 3.91. The maximum absolute atomic E-state index is 12.6. The lowest BCUT2D eigenvalue weighted by molar-refractivity contribution is -0.117. The van der Waals surface area contributed by atoms with E-state index in [1.165, 1.54) is 16.9 Å². The Hall–Kier alpha value is -3.06. The van der Waals surface area contributed by atoms with Gasteiger partial charge in [-0.3, -0.25) is 14.9 Å². The number of hydrogen-bond donors (Lipinski definition) is 1. The van der Waals surface area contributed by atoms with Gasteiger partial charge in [0.15, 0.2) is 0 Å². The van der Waals surface area contributed by atoms with Gasteiger partial charge in [0.1, 0.15) is 5.01 Å². The number of carbonyl (C=O) groups is 2. The van der Waals surface area contributed by atoms with Crippen LogP contribution in [0.3, 0.4) is 0 Å². The topological polar surface area (TPSA) is 75.2 Å². The minimum Gasteiger partial charge on any atom is -0.312 e. The highest BCUT2D eigenvalue weighted by molar-refractivity contribution is 7.15. The van der Waals surface area contributed by atoms with Crippen LogP contribution in [0.4, 0.5) is 10.8 Å². The van der Waals surface area contributed by atoms with E-state index in [1.807, 2.05) is 55.1 Å². The van der Waals surface area contributed by atoms with Crippen molar-refractivity contribution in [3.8, 4) is 0 Å². The molecule has 3 aromatic rings. The van der Waals surface area contributed by atoms with E-state index >= 15 is 0 Å². The number of nitrogens with zero attached hydrogens (tertiary/aromatic N) is 3. The SMILES string of the molecule is Cc1ccc(N2CC(c3nnc(NC(=O)c4ccccc4C)s3)CC2=O)cc1C. The molecule has 29 heavy (non-hydrogen) atoms. The van der Waals surface area contributed by atoms with E-state index < -0.39 is 0 Å². The van der Waals surface area contributed by atoms with E-state index in [9.17, 15) is 9.59 Å². The summed E-state index contributed by atoms with van der Waals surface area (Å²) in [4.78, 5) is 26.9. The molecule has 148 valence electrons. The van der Waals surface area contributed by atoms with Crippen LogP contribution in [0.5, 0.6) is 0 Å². The highest BCUT2D eigenvalue weighted by Gasteiger charge is 2.34. The first-order chi connectivity index (χ1) is 13.9. The molecule has 2 heterocycles. The Morgan fingerprint density at radius 3 is 2.62 bits per heavy atom. The van der Waals surface area contributed by atoms with Crippen LogP contribution in [0.1, 0.15) is 44.4 Å². The number of nitrogens with one attached hydrogen (secondary N) is 1. The predicted molar refractivity (Wildman–Crippen MR) is 115 cm³/mol. The number of amides is 2. The van der Waals surface area contributed by atoms with E-state index in [-0.39, 0.29) is 17.7 Å².